The van der Waals surface area contributed by atoms with Crippen LogP contribution < -0.4 is 10.2 Å². The SMILES string of the molecule is CCOC(=O)c1ccc(NC(=O)C[C@@H]2C(=O)N(Cc3cccc(C)c3)c3nc4ccccc4n32)cc1. The van der Waals surface area contributed by atoms with E-state index in [1.807, 2.05) is 60.0 Å². The Morgan fingerprint density at radius 3 is 2.56 bits per heavy atom. The molecule has 0 unspecified atom stereocenters. The Bertz CT molecular complexity index is 1460. The van der Waals surface area contributed by atoms with Crippen LogP contribution >= 0.6 is 0 Å². The Kier molecular flexibility index (Phi) is 6.25. The number of para-hydroxylation sites is 2. The Labute approximate surface area is 208 Å². The molecule has 182 valence electrons. The summed E-state index contributed by atoms with van der Waals surface area (Å²) >= 11 is 0. The third kappa shape index (κ3) is 4.45. The molecule has 8 heteroatoms. The van der Waals surface area contributed by atoms with Gasteiger partial charge in [0.15, 0.2) is 0 Å². The molecule has 3 aromatic carbocycles. The van der Waals surface area contributed by atoms with E-state index in [0.29, 0.717) is 30.4 Å². The Morgan fingerprint density at radius 1 is 1.03 bits per heavy atom. The first-order chi connectivity index (χ1) is 17.4. The van der Waals surface area contributed by atoms with E-state index in [-0.39, 0.29) is 18.2 Å². The minimum Gasteiger partial charge on any atom is -0.462 e. The lowest BCUT2D eigenvalue weighted by Gasteiger charge is -2.16. The number of fused-ring (bicyclic) bond motifs is 3. The van der Waals surface area contributed by atoms with Gasteiger partial charge in [-0.2, -0.15) is 0 Å². The van der Waals surface area contributed by atoms with E-state index in [1.54, 1.807) is 36.1 Å². The largest absolute Gasteiger partial charge is 0.462 e. The van der Waals surface area contributed by atoms with Gasteiger partial charge in [-0.05, 0) is 55.8 Å². The lowest BCUT2D eigenvalue weighted by molar-refractivity contribution is -0.124. The van der Waals surface area contributed by atoms with Gasteiger partial charge >= 0.3 is 5.97 Å². The zero-order chi connectivity index (χ0) is 25.2. The molecule has 5 rings (SSSR count). The third-order valence-corrected chi connectivity index (χ3v) is 6.16. The van der Waals surface area contributed by atoms with Crippen molar-refractivity contribution in [3.05, 3.63) is 89.5 Å². The fourth-order valence-electron chi connectivity index (χ4n) is 4.53. The molecule has 2 heterocycles. The second kappa shape index (κ2) is 9.65. The third-order valence-electron chi connectivity index (χ3n) is 6.16. The Morgan fingerprint density at radius 2 is 1.81 bits per heavy atom. The van der Waals surface area contributed by atoms with Gasteiger partial charge in [-0.1, -0.05) is 42.0 Å². The summed E-state index contributed by atoms with van der Waals surface area (Å²) in [5, 5.41) is 2.84. The highest BCUT2D eigenvalue weighted by molar-refractivity contribution is 6.05. The highest BCUT2D eigenvalue weighted by Gasteiger charge is 2.40. The van der Waals surface area contributed by atoms with Gasteiger partial charge in [-0.15, -0.1) is 0 Å². The summed E-state index contributed by atoms with van der Waals surface area (Å²) in [6, 6.07) is 21.4. The van der Waals surface area contributed by atoms with Gasteiger partial charge in [0.1, 0.15) is 6.04 Å². The molecule has 1 aliphatic rings. The average molecular weight is 483 g/mol. The summed E-state index contributed by atoms with van der Waals surface area (Å²) in [7, 11) is 0. The summed E-state index contributed by atoms with van der Waals surface area (Å²) in [4.78, 5) is 44.8. The zero-order valence-electron chi connectivity index (χ0n) is 20.1. The second-order valence-electron chi connectivity index (χ2n) is 8.75. The number of ether oxygens (including phenoxy) is 1. The molecule has 0 spiro atoms. The number of aryl methyl sites for hydroxylation is 1. The number of nitrogens with zero attached hydrogens (tertiary/aromatic N) is 3. The van der Waals surface area contributed by atoms with Crippen LogP contribution in [-0.4, -0.2) is 33.9 Å². The van der Waals surface area contributed by atoms with Crippen LogP contribution in [0.3, 0.4) is 0 Å². The molecule has 4 aromatic rings. The van der Waals surface area contributed by atoms with E-state index in [0.717, 1.165) is 22.2 Å². The number of hydrogen-bond donors (Lipinski definition) is 1. The number of imidazole rings is 1. The topological polar surface area (TPSA) is 93.5 Å². The molecule has 1 aromatic heterocycles. The molecular weight excluding hydrogens is 456 g/mol. The number of carbonyl (C=O) groups excluding carboxylic acids is 3. The predicted molar refractivity (Wildman–Crippen MR) is 137 cm³/mol. The predicted octanol–water partition coefficient (Wildman–Crippen LogP) is 4.64. The molecule has 0 aliphatic carbocycles. The second-order valence-corrected chi connectivity index (χ2v) is 8.75. The quantitative estimate of drug-likeness (QED) is 0.388. The molecule has 36 heavy (non-hydrogen) atoms. The van der Waals surface area contributed by atoms with Crippen LogP contribution in [0.25, 0.3) is 11.0 Å². The summed E-state index contributed by atoms with van der Waals surface area (Å²) in [5.74, 6) is -0.351. The maximum atomic E-state index is 13.6. The molecule has 1 atom stereocenters. The fourth-order valence-corrected chi connectivity index (χ4v) is 4.53. The molecule has 1 aliphatic heterocycles. The van der Waals surface area contributed by atoms with Crippen LogP contribution in [0.5, 0.6) is 0 Å². The fraction of sp³-hybridized carbons (Fsp3) is 0.214. The van der Waals surface area contributed by atoms with Gasteiger partial charge in [-0.3, -0.25) is 19.1 Å². The lowest BCUT2D eigenvalue weighted by Crippen LogP contribution is -2.31. The number of carbonyl (C=O) groups is 3. The molecule has 1 N–H and O–H groups in total. The van der Waals surface area contributed by atoms with E-state index < -0.39 is 12.0 Å². The van der Waals surface area contributed by atoms with Crippen molar-refractivity contribution in [1.29, 1.82) is 0 Å². The standard InChI is InChI=1S/C28H26N4O4/c1-3-36-27(35)20-11-13-21(14-12-20)29-25(33)16-24-26(34)31(17-19-8-6-7-18(2)15-19)28-30-22-9-4-5-10-23(22)32(24)28/h4-15,24H,3,16-17H2,1-2H3,(H,29,33)/t24-/m1/s1. The van der Waals surface area contributed by atoms with Crippen molar-refractivity contribution in [2.75, 3.05) is 16.8 Å². The van der Waals surface area contributed by atoms with Crippen molar-refractivity contribution < 1.29 is 19.1 Å². The van der Waals surface area contributed by atoms with Crippen molar-refractivity contribution in [2.45, 2.75) is 32.9 Å². The van der Waals surface area contributed by atoms with Crippen molar-refractivity contribution in [3.63, 3.8) is 0 Å². The van der Waals surface area contributed by atoms with Gasteiger partial charge in [0, 0.05) is 5.69 Å². The maximum absolute atomic E-state index is 13.6. The first kappa shape index (κ1) is 23.3. The number of anilines is 2. The van der Waals surface area contributed by atoms with E-state index in [2.05, 4.69) is 5.32 Å². The van der Waals surface area contributed by atoms with Gasteiger partial charge in [-0.25, -0.2) is 9.78 Å². The molecule has 2 amide bonds. The summed E-state index contributed by atoms with van der Waals surface area (Å²) in [6.07, 6.45) is -0.0455. The number of benzene rings is 3. The van der Waals surface area contributed by atoms with Crippen LogP contribution in [0.2, 0.25) is 0 Å². The molecule has 0 fully saturated rings. The summed E-state index contributed by atoms with van der Waals surface area (Å²) in [6.45, 7) is 4.42. The van der Waals surface area contributed by atoms with E-state index in [4.69, 9.17) is 9.72 Å². The van der Waals surface area contributed by atoms with Crippen molar-refractivity contribution in [3.8, 4) is 0 Å². The van der Waals surface area contributed by atoms with Gasteiger partial charge < -0.3 is 10.1 Å². The molecule has 8 nitrogen and oxygen atoms in total. The van der Waals surface area contributed by atoms with Crippen molar-refractivity contribution in [1.82, 2.24) is 9.55 Å². The number of aromatic nitrogens is 2. The first-order valence-electron chi connectivity index (χ1n) is 11.9. The summed E-state index contributed by atoms with van der Waals surface area (Å²) < 4.78 is 6.85. The van der Waals surface area contributed by atoms with Crippen LogP contribution in [0.4, 0.5) is 11.6 Å². The highest BCUT2D eigenvalue weighted by atomic mass is 16.5. The minimum absolute atomic E-state index is 0.0455. The van der Waals surface area contributed by atoms with Crippen LogP contribution in [-0.2, 0) is 20.9 Å². The zero-order valence-corrected chi connectivity index (χ0v) is 20.1. The number of nitrogens with one attached hydrogen (secondary N) is 1. The normalized spacial score (nSPS) is 14.7. The van der Waals surface area contributed by atoms with Gasteiger partial charge in [0.2, 0.25) is 11.9 Å². The first-order valence-corrected chi connectivity index (χ1v) is 11.9. The van der Waals surface area contributed by atoms with Crippen molar-refractivity contribution >= 4 is 40.5 Å². The number of esters is 1. The number of hydrogen-bond acceptors (Lipinski definition) is 5. The average Bonchev–Trinajstić information content (AvgIpc) is 3.35. The number of amides is 2. The molecular formula is C28H26N4O4. The van der Waals surface area contributed by atoms with Gasteiger partial charge in [0.25, 0.3) is 5.91 Å². The highest BCUT2D eigenvalue weighted by Crippen LogP contribution is 2.37. The summed E-state index contributed by atoms with van der Waals surface area (Å²) in [5.41, 5.74) is 4.62. The van der Waals surface area contributed by atoms with Crippen LogP contribution in [0.15, 0.2) is 72.8 Å². The molecule has 0 saturated heterocycles. The van der Waals surface area contributed by atoms with Crippen LogP contribution in [0, 0.1) is 6.92 Å². The monoisotopic (exact) mass is 482 g/mol. The van der Waals surface area contributed by atoms with E-state index in [9.17, 15) is 14.4 Å². The Hall–Kier alpha value is -4.46. The number of rotatable bonds is 7. The van der Waals surface area contributed by atoms with E-state index in [1.165, 1.54) is 0 Å². The maximum Gasteiger partial charge on any atom is 0.338 e. The molecule has 0 bridgehead atoms. The lowest BCUT2D eigenvalue weighted by atomic mass is 10.1. The van der Waals surface area contributed by atoms with Crippen molar-refractivity contribution in [2.24, 2.45) is 0 Å². The van der Waals surface area contributed by atoms with E-state index >= 15 is 0 Å². The van der Waals surface area contributed by atoms with Crippen LogP contribution in [0.1, 0.15) is 40.9 Å². The molecule has 0 saturated carbocycles. The Balaban J connectivity index is 1.39. The molecule has 0 radical (unpaired) electrons. The smallest absolute Gasteiger partial charge is 0.338 e. The van der Waals surface area contributed by atoms with Gasteiger partial charge in [0.05, 0.1) is 36.2 Å². The minimum atomic E-state index is -0.712.